The topological polar surface area (TPSA) is 46.3 Å². The first-order valence-corrected chi connectivity index (χ1v) is 7.63. The highest BCUT2D eigenvalue weighted by Gasteiger charge is 2.17. The highest BCUT2D eigenvalue weighted by atomic mass is 19.1. The van der Waals surface area contributed by atoms with E-state index in [9.17, 15) is 9.18 Å². The number of nitrogens with zero attached hydrogens (tertiary/aromatic N) is 1. The minimum absolute atomic E-state index is 0.0564. The summed E-state index contributed by atoms with van der Waals surface area (Å²) >= 11 is 0. The lowest BCUT2D eigenvalue weighted by Gasteiger charge is -2.22. The summed E-state index contributed by atoms with van der Waals surface area (Å²) in [5.41, 5.74) is 6.17. The number of carbonyl (C=O) groups is 1. The predicted octanol–water partition coefficient (Wildman–Crippen LogP) is 3.19. The van der Waals surface area contributed by atoms with Crippen LogP contribution in [0.3, 0.4) is 0 Å². The van der Waals surface area contributed by atoms with Gasteiger partial charge in [0.15, 0.2) is 0 Å². The molecule has 0 spiro atoms. The zero-order valence-electron chi connectivity index (χ0n) is 13.3. The third-order valence-electron chi connectivity index (χ3n) is 4.00. The zero-order chi connectivity index (χ0) is 15.8. The van der Waals surface area contributed by atoms with Crippen LogP contribution in [0, 0.1) is 17.7 Å². The number of hydrogen-bond donors (Lipinski definition) is 1. The molecule has 2 N–H and O–H groups in total. The van der Waals surface area contributed by atoms with Crippen LogP contribution in [0.4, 0.5) is 4.39 Å². The fraction of sp³-hybridized carbons (Fsp3) is 0.588. The lowest BCUT2D eigenvalue weighted by molar-refractivity contribution is -0.130. The fourth-order valence-corrected chi connectivity index (χ4v) is 2.50. The summed E-state index contributed by atoms with van der Waals surface area (Å²) in [6.45, 7) is 5.29. The predicted molar refractivity (Wildman–Crippen MR) is 84.1 cm³/mol. The van der Waals surface area contributed by atoms with E-state index in [0.29, 0.717) is 36.9 Å². The SMILES string of the molecule is CC(C)C(CCN)CCC(=O)N(C)Cc1ccccc1F. The van der Waals surface area contributed by atoms with Crippen LogP contribution in [-0.4, -0.2) is 24.4 Å². The smallest absolute Gasteiger partial charge is 0.222 e. The Labute approximate surface area is 127 Å². The molecule has 21 heavy (non-hydrogen) atoms. The maximum atomic E-state index is 13.6. The van der Waals surface area contributed by atoms with E-state index in [-0.39, 0.29) is 11.7 Å². The van der Waals surface area contributed by atoms with Crippen LogP contribution in [0.5, 0.6) is 0 Å². The van der Waals surface area contributed by atoms with Gasteiger partial charge in [-0.25, -0.2) is 4.39 Å². The van der Waals surface area contributed by atoms with Gasteiger partial charge in [0.25, 0.3) is 0 Å². The van der Waals surface area contributed by atoms with Gasteiger partial charge in [-0.1, -0.05) is 32.0 Å². The van der Waals surface area contributed by atoms with Crippen LogP contribution >= 0.6 is 0 Å². The molecule has 1 aromatic carbocycles. The molecular formula is C17H27FN2O. The van der Waals surface area contributed by atoms with Crippen molar-refractivity contribution in [3.63, 3.8) is 0 Å². The van der Waals surface area contributed by atoms with Crippen molar-refractivity contribution in [2.24, 2.45) is 17.6 Å². The molecule has 0 radical (unpaired) electrons. The van der Waals surface area contributed by atoms with E-state index < -0.39 is 0 Å². The molecule has 3 nitrogen and oxygen atoms in total. The molecule has 0 aliphatic carbocycles. The van der Waals surface area contributed by atoms with E-state index in [0.717, 1.165) is 12.8 Å². The Morgan fingerprint density at radius 2 is 1.95 bits per heavy atom. The lowest BCUT2D eigenvalue weighted by Crippen LogP contribution is -2.27. The average Bonchev–Trinajstić information content (AvgIpc) is 2.45. The maximum absolute atomic E-state index is 13.6. The fourth-order valence-electron chi connectivity index (χ4n) is 2.50. The number of amides is 1. The van der Waals surface area contributed by atoms with E-state index >= 15 is 0 Å². The molecule has 0 aromatic heterocycles. The van der Waals surface area contributed by atoms with E-state index in [1.807, 2.05) is 0 Å². The van der Waals surface area contributed by atoms with Crippen LogP contribution in [0.2, 0.25) is 0 Å². The number of halogens is 1. The van der Waals surface area contributed by atoms with Gasteiger partial charge < -0.3 is 10.6 Å². The van der Waals surface area contributed by atoms with E-state index in [1.165, 1.54) is 6.07 Å². The van der Waals surface area contributed by atoms with Crippen LogP contribution in [0.25, 0.3) is 0 Å². The van der Waals surface area contributed by atoms with Crippen molar-refractivity contribution >= 4 is 5.91 Å². The second-order valence-electron chi connectivity index (χ2n) is 5.96. The zero-order valence-corrected chi connectivity index (χ0v) is 13.3. The maximum Gasteiger partial charge on any atom is 0.222 e. The van der Waals surface area contributed by atoms with Crippen molar-refractivity contribution in [3.05, 3.63) is 35.6 Å². The van der Waals surface area contributed by atoms with Crippen LogP contribution in [0.1, 0.15) is 38.7 Å². The van der Waals surface area contributed by atoms with Crippen molar-refractivity contribution in [3.8, 4) is 0 Å². The van der Waals surface area contributed by atoms with Crippen molar-refractivity contribution < 1.29 is 9.18 Å². The third kappa shape index (κ3) is 5.84. The summed E-state index contributed by atoms with van der Waals surface area (Å²) in [5.74, 6) is 0.792. The number of nitrogens with two attached hydrogens (primary N) is 1. The van der Waals surface area contributed by atoms with E-state index in [2.05, 4.69) is 13.8 Å². The van der Waals surface area contributed by atoms with Gasteiger partial charge in [0.05, 0.1) is 0 Å². The standard InChI is InChI=1S/C17H27FN2O/c1-13(2)14(10-11-19)8-9-17(21)20(3)12-15-6-4-5-7-16(15)18/h4-7,13-14H,8-12,19H2,1-3H3. The average molecular weight is 294 g/mol. The number of benzene rings is 1. The van der Waals surface area contributed by atoms with Crippen molar-refractivity contribution in [2.75, 3.05) is 13.6 Å². The summed E-state index contributed by atoms with van der Waals surface area (Å²) in [4.78, 5) is 13.8. The Balaban J connectivity index is 2.49. The third-order valence-corrected chi connectivity index (χ3v) is 4.00. The monoisotopic (exact) mass is 294 g/mol. The first-order chi connectivity index (χ1) is 9.95. The molecule has 1 rings (SSSR count). The summed E-state index contributed by atoms with van der Waals surface area (Å²) in [7, 11) is 1.72. The molecule has 0 saturated carbocycles. The Hall–Kier alpha value is -1.42. The Morgan fingerprint density at radius 1 is 1.29 bits per heavy atom. The first-order valence-electron chi connectivity index (χ1n) is 7.63. The number of carbonyl (C=O) groups excluding carboxylic acids is 1. The molecule has 4 heteroatoms. The van der Waals surface area contributed by atoms with Gasteiger partial charge >= 0.3 is 0 Å². The van der Waals surface area contributed by atoms with Gasteiger partial charge in [-0.15, -0.1) is 0 Å². The van der Waals surface area contributed by atoms with Crippen LogP contribution < -0.4 is 5.73 Å². The Morgan fingerprint density at radius 3 is 2.52 bits per heavy atom. The minimum Gasteiger partial charge on any atom is -0.341 e. The quantitative estimate of drug-likeness (QED) is 0.800. The largest absolute Gasteiger partial charge is 0.341 e. The molecule has 0 bridgehead atoms. The summed E-state index contributed by atoms with van der Waals surface area (Å²) in [6.07, 6.45) is 2.28. The van der Waals surface area contributed by atoms with Crippen molar-refractivity contribution in [2.45, 2.75) is 39.7 Å². The van der Waals surface area contributed by atoms with Gasteiger partial charge in [-0.3, -0.25) is 4.79 Å². The minimum atomic E-state index is -0.264. The highest BCUT2D eigenvalue weighted by Crippen LogP contribution is 2.21. The molecule has 0 heterocycles. The van der Waals surface area contributed by atoms with Crippen LogP contribution in [0.15, 0.2) is 24.3 Å². The highest BCUT2D eigenvalue weighted by molar-refractivity contribution is 5.75. The molecule has 118 valence electrons. The molecule has 1 unspecified atom stereocenters. The van der Waals surface area contributed by atoms with Gasteiger partial charge in [0, 0.05) is 25.6 Å². The molecule has 0 aliphatic rings. The summed E-state index contributed by atoms with van der Waals surface area (Å²) in [5, 5.41) is 0. The van der Waals surface area contributed by atoms with E-state index in [4.69, 9.17) is 5.73 Å². The van der Waals surface area contributed by atoms with Gasteiger partial charge in [-0.05, 0) is 37.3 Å². The molecular weight excluding hydrogens is 267 g/mol. The van der Waals surface area contributed by atoms with Crippen molar-refractivity contribution in [1.82, 2.24) is 4.90 Å². The Bertz CT molecular complexity index is 448. The normalized spacial score (nSPS) is 12.5. The van der Waals surface area contributed by atoms with Gasteiger partial charge in [0.2, 0.25) is 5.91 Å². The second-order valence-corrected chi connectivity index (χ2v) is 5.96. The summed E-state index contributed by atoms with van der Waals surface area (Å²) in [6, 6.07) is 6.57. The van der Waals surface area contributed by atoms with Gasteiger partial charge in [0.1, 0.15) is 5.82 Å². The van der Waals surface area contributed by atoms with Gasteiger partial charge in [-0.2, -0.15) is 0 Å². The molecule has 0 aliphatic heterocycles. The first kappa shape index (κ1) is 17.6. The molecule has 1 amide bonds. The van der Waals surface area contributed by atoms with E-state index in [1.54, 1.807) is 30.1 Å². The van der Waals surface area contributed by atoms with Crippen LogP contribution in [-0.2, 0) is 11.3 Å². The molecule has 0 fully saturated rings. The second kappa shape index (κ2) is 8.78. The summed E-state index contributed by atoms with van der Waals surface area (Å²) < 4.78 is 13.6. The van der Waals surface area contributed by atoms with Crippen molar-refractivity contribution in [1.29, 1.82) is 0 Å². The molecule has 1 atom stereocenters. The Kier molecular flexibility index (Phi) is 7.37. The molecule has 1 aromatic rings. The lowest BCUT2D eigenvalue weighted by atomic mass is 9.88. The number of hydrogen-bond acceptors (Lipinski definition) is 2. The number of rotatable bonds is 8. The molecule has 0 saturated heterocycles.